The van der Waals surface area contributed by atoms with Crippen molar-refractivity contribution in [3.63, 3.8) is 0 Å². The smallest absolute Gasteiger partial charge is 0.0812 e. The van der Waals surface area contributed by atoms with Crippen molar-refractivity contribution in [3.05, 3.63) is 41.1 Å². The molecule has 0 heterocycles. The molecule has 0 amide bonds. The van der Waals surface area contributed by atoms with Crippen LogP contribution in [0.15, 0.2) is 45.4 Å². The summed E-state index contributed by atoms with van der Waals surface area (Å²) in [5.74, 6) is 0.936. The molecule has 1 aromatic carbocycles. The zero-order chi connectivity index (χ0) is 16.8. The number of hydrogen-bond donors (Lipinski definition) is 0. The Hall–Kier alpha value is -1.09. The number of benzene rings is 1. The number of allylic oxidation sites excluding steroid dienone is 2. The van der Waals surface area contributed by atoms with Crippen LogP contribution in [0.25, 0.3) is 0 Å². The molecule has 0 spiro atoms. The van der Waals surface area contributed by atoms with Gasteiger partial charge in [-0.2, -0.15) is 3.89 Å². The molecule has 1 aromatic rings. The molecule has 3 heteroatoms. The summed E-state index contributed by atoms with van der Waals surface area (Å²) in [5.41, 5.74) is 4.88. The van der Waals surface area contributed by atoms with E-state index in [0.29, 0.717) is 28.9 Å². The van der Waals surface area contributed by atoms with Gasteiger partial charge in [0.25, 0.3) is 0 Å². The minimum absolute atomic E-state index is 0.299. The Bertz CT molecular complexity index is 583. The standard InChI is InChI=1S/C20H28FNS/c1-5-8-15(4)22-20(14(2)3)19(16-9-6-10-16)17-11-7-12-18(13-17)23-21/h7,11-13,16,19H,5-6,8-10H2,1-4H3. The summed E-state index contributed by atoms with van der Waals surface area (Å²) < 4.78 is 13.0. The minimum Gasteiger partial charge on any atom is -0.262 e. The molecule has 0 radical (unpaired) electrons. The lowest BCUT2D eigenvalue weighted by molar-refractivity contribution is 0.279. The lowest BCUT2D eigenvalue weighted by Gasteiger charge is -2.35. The van der Waals surface area contributed by atoms with E-state index in [9.17, 15) is 3.89 Å². The maximum absolute atomic E-state index is 13.0. The maximum atomic E-state index is 13.0. The first-order valence-electron chi connectivity index (χ1n) is 8.66. The number of nitrogens with zero attached hydrogens (tertiary/aromatic N) is 1. The molecule has 0 N–H and O–H groups in total. The number of rotatable bonds is 7. The van der Waals surface area contributed by atoms with E-state index in [4.69, 9.17) is 4.99 Å². The summed E-state index contributed by atoms with van der Waals surface area (Å²) in [5, 5.41) is 0. The molecular weight excluding hydrogens is 305 g/mol. The van der Waals surface area contributed by atoms with Crippen LogP contribution in [0.3, 0.4) is 0 Å². The summed E-state index contributed by atoms with van der Waals surface area (Å²) in [6.45, 7) is 8.61. The predicted octanol–water partition coefficient (Wildman–Crippen LogP) is 7.10. The molecule has 1 nitrogen and oxygen atoms in total. The van der Waals surface area contributed by atoms with Crippen molar-refractivity contribution in [3.8, 4) is 0 Å². The topological polar surface area (TPSA) is 12.4 Å². The Morgan fingerprint density at radius 3 is 2.57 bits per heavy atom. The highest BCUT2D eigenvalue weighted by molar-refractivity contribution is 7.94. The molecule has 2 rings (SSSR count). The van der Waals surface area contributed by atoms with Crippen molar-refractivity contribution in [1.29, 1.82) is 0 Å². The van der Waals surface area contributed by atoms with E-state index in [1.54, 1.807) is 0 Å². The number of aliphatic imine (C=N–C) groups is 1. The van der Waals surface area contributed by atoms with Crippen LogP contribution in [-0.4, -0.2) is 5.71 Å². The maximum Gasteiger partial charge on any atom is 0.0812 e. The quantitative estimate of drug-likeness (QED) is 0.485. The van der Waals surface area contributed by atoms with Crippen LogP contribution in [0.4, 0.5) is 3.89 Å². The molecule has 1 fully saturated rings. The van der Waals surface area contributed by atoms with Crippen LogP contribution in [0.5, 0.6) is 0 Å². The predicted molar refractivity (Wildman–Crippen MR) is 99.9 cm³/mol. The largest absolute Gasteiger partial charge is 0.262 e. The Morgan fingerprint density at radius 2 is 2.04 bits per heavy atom. The van der Waals surface area contributed by atoms with Crippen molar-refractivity contribution in [1.82, 2.24) is 0 Å². The zero-order valence-electron chi connectivity index (χ0n) is 14.7. The second-order valence-electron chi connectivity index (χ2n) is 6.80. The third kappa shape index (κ3) is 4.69. The molecule has 1 aliphatic rings. The average Bonchev–Trinajstić information content (AvgIpc) is 2.49. The van der Waals surface area contributed by atoms with Gasteiger partial charge in [0, 0.05) is 22.2 Å². The lowest BCUT2D eigenvalue weighted by atomic mass is 9.71. The van der Waals surface area contributed by atoms with Crippen LogP contribution in [-0.2, 0) is 0 Å². The van der Waals surface area contributed by atoms with Gasteiger partial charge in [-0.15, -0.1) is 0 Å². The van der Waals surface area contributed by atoms with Crippen LogP contribution < -0.4 is 0 Å². The normalized spacial score (nSPS) is 16.8. The molecule has 0 aliphatic heterocycles. The van der Waals surface area contributed by atoms with E-state index >= 15 is 0 Å². The fourth-order valence-electron chi connectivity index (χ4n) is 3.30. The molecule has 1 aliphatic carbocycles. The highest BCUT2D eigenvalue weighted by atomic mass is 32.2. The average molecular weight is 334 g/mol. The van der Waals surface area contributed by atoms with Crippen molar-refractivity contribution < 1.29 is 3.89 Å². The van der Waals surface area contributed by atoms with Crippen molar-refractivity contribution in [2.45, 2.75) is 70.6 Å². The van der Waals surface area contributed by atoms with E-state index in [-0.39, 0.29) is 0 Å². The molecule has 0 aromatic heterocycles. The number of halogens is 1. The van der Waals surface area contributed by atoms with Crippen LogP contribution in [0.2, 0.25) is 0 Å². The summed E-state index contributed by atoms with van der Waals surface area (Å²) in [6.07, 6.45) is 5.95. The van der Waals surface area contributed by atoms with Gasteiger partial charge >= 0.3 is 0 Å². The van der Waals surface area contributed by atoms with E-state index in [2.05, 4.69) is 33.8 Å². The molecule has 23 heavy (non-hydrogen) atoms. The molecular formula is C20H28FNS. The van der Waals surface area contributed by atoms with Crippen molar-refractivity contribution in [2.75, 3.05) is 0 Å². The molecule has 1 saturated carbocycles. The second kappa shape index (κ2) is 8.68. The van der Waals surface area contributed by atoms with Gasteiger partial charge in [-0.25, -0.2) is 0 Å². The van der Waals surface area contributed by atoms with Crippen molar-refractivity contribution >= 4 is 17.9 Å². The third-order valence-corrected chi connectivity index (χ3v) is 5.09. The van der Waals surface area contributed by atoms with E-state index in [0.717, 1.165) is 12.8 Å². The van der Waals surface area contributed by atoms with Crippen LogP contribution in [0.1, 0.15) is 71.3 Å². The highest BCUT2D eigenvalue weighted by Crippen LogP contribution is 2.45. The zero-order valence-corrected chi connectivity index (χ0v) is 15.5. The van der Waals surface area contributed by atoms with Crippen molar-refractivity contribution in [2.24, 2.45) is 10.9 Å². The molecule has 1 unspecified atom stereocenters. The summed E-state index contributed by atoms with van der Waals surface area (Å²) in [4.78, 5) is 5.69. The van der Waals surface area contributed by atoms with E-state index in [1.807, 2.05) is 18.2 Å². The van der Waals surface area contributed by atoms with Gasteiger partial charge in [0.05, 0.1) is 12.1 Å². The fourth-order valence-corrected chi connectivity index (χ4v) is 3.61. The summed E-state index contributed by atoms with van der Waals surface area (Å²) in [7, 11) is 0. The third-order valence-electron chi connectivity index (χ3n) is 4.66. The molecule has 126 valence electrons. The first-order valence-corrected chi connectivity index (χ1v) is 9.38. The first-order chi connectivity index (χ1) is 11.1. The molecule has 0 bridgehead atoms. The van der Waals surface area contributed by atoms with Gasteiger partial charge in [-0.3, -0.25) is 4.99 Å². The Balaban J connectivity index is 2.43. The Kier molecular flexibility index (Phi) is 6.88. The fraction of sp³-hybridized carbons (Fsp3) is 0.550. The van der Waals surface area contributed by atoms with E-state index < -0.39 is 0 Å². The summed E-state index contributed by atoms with van der Waals surface area (Å²) >= 11 is 0.328. The SMILES string of the molecule is CCCC(C)=NC(=C(C)C)C(c1cccc(SF)c1)C1CCC1. The molecule has 1 atom stereocenters. The lowest BCUT2D eigenvalue weighted by Crippen LogP contribution is -2.22. The summed E-state index contributed by atoms with van der Waals surface area (Å²) in [6, 6.07) is 7.94. The van der Waals surface area contributed by atoms with Gasteiger partial charge in [0.1, 0.15) is 0 Å². The van der Waals surface area contributed by atoms with Crippen LogP contribution >= 0.6 is 12.1 Å². The Morgan fingerprint density at radius 1 is 1.30 bits per heavy atom. The minimum atomic E-state index is 0.299. The second-order valence-corrected chi connectivity index (χ2v) is 7.43. The number of hydrogen-bond acceptors (Lipinski definition) is 2. The first kappa shape index (κ1) is 18.3. The van der Waals surface area contributed by atoms with Gasteiger partial charge in [-0.1, -0.05) is 37.5 Å². The Labute approximate surface area is 144 Å². The van der Waals surface area contributed by atoms with Crippen LogP contribution in [0, 0.1) is 5.92 Å². The van der Waals surface area contributed by atoms with E-state index in [1.165, 1.54) is 41.8 Å². The molecule has 0 saturated heterocycles. The van der Waals surface area contributed by atoms with Gasteiger partial charge in [0.2, 0.25) is 0 Å². The van der Waals surface area contributed by atoms with Gasteiger partial charge in [0.15, 0.2) is 0 Å². The highest BCUT2D eigenvalue weighted by Gasteiger charge is 2.32. The van der Waals surface area contributed by atoms with Gasteiger partial charge in [-0.05, 0) is 63.6 Å². The van der Waals surface area contributed by atoms with Gasteiger partial charge < -0.3 is 0 Å². The monoisotopic (exact) mass is 333 g/mol.